The summed E-state index contributed by atoms with van der Waals surface area (Å²) in [5, 5.41) is 2.73. The molecule has 0 bridgehead atoms. The van der Waals surface area contributed by atoms with Gasteiger partial charge < -0.3 is 15.8 Å². The Kier molecular flexibility index (Phi) is 6.80. The van der Waals surface area contributed by atoms with Gasteiger partial charge in [-0.15, -0.1) is 0 Å². The van der Waals surface area contributed by atoms with Crippen LogP contribution in [0.1, 0.15) is 39.7 Å². The van der Waals surface area contributed by atoms with Crippen molar-refractivity contribution in [2.75, 3.05) is 16.7 Å². The number of aromatic nitrogens is 1. The van der Waals surface area contributed by atoms with Gasteiger partial charge in [-0.2, -0.15) is 0 Å². The number of amides is 1. The summed E-state index contributed by atoms with van der Waals surface area (Å²) in [6.07, 6.45) is 6.29. The monoisotopic (exact) mass is 370 g/mol. The van der Waals surface area contributed by atoms with Crippen LogP contribution in [0.2, 0.25) is 0 Å². The van der Waals surface area contributed by atoms with Crippen molar-refractivity contribution < 1.29 is 17.9 Å². The Labute approximate surface area is 148 Å². The zero-order chi connectivity index (χ0) is 19.3. The predicted octanol–water partition coefficient (Wildman–Crippen LogP) is 2.35. The SMILES string of the molecule is C[C@@H](C/C=C/c1cnc(N)c(NS(C)(=O)=O)c1)NC(=O)OC(C)(C)C. The van der Waals surface area contributed by atoms with Crippen molar-refractivity contribution in [2.24, 2.45) is 0 Å². The molecule has 140 valence electrons. The summed E-state index contributed by atoms with van der Waals surface area (Å²) < 4.78 is 30.1. The summed E-state index contributed by atoms with van der Waals surface area (Å²) in [5.74, 6) is 0.0996. The van der Waals surface area contributed by atoms with Gasteiger partial charge in [0, 0.05) is 12.2 Å². The number of rotatable bonds is 6. The van der Waals surface area contributed by atoms with Gasteiger partial charge in [0.1, 0.15) is 11.4 Å². The molecule has 0 aliphatic rings. The number of nitrogen functional groups attached to an aromatic ring is 1. The maximum atomic E-state index is 11.7. The largest absolute Gasteiger partial charge is 0.444 e. The number of carbonyl (C=O) groups excluding carboxylic acids is 1. The second kappa shape index (κ2) is 8.19. The van der Waals surface area contributed by atoms with Crippen LogP contribution in [-0.2, 0) is 14.8 Å². The normalized spacial score (nSPS) is 13.5. The molecule has 0 radical (unpaired) electrons. The van der Waals surface area contributed by atoms with Gasteiger partial charge >= 0.3 is 6.09 Å². The molecule has 4 N–H and O–H groups in total. The van der Waals surface area contributed by atoms with Crippen molar-refractivity contribution in [3.05, 3.63) is 23.9 Å². The Balaban J connectivity index is 2.64. The zero-order valence-corrected chi connectivity index (χ0v) is 16.0. The third-order valence-corrected chi connectivity index (χ3v) is 3.39. The van der Waals surface area contributed by atoms with Crippen LogP contribution in [0.3, 0.4) is 0 Å². The number of nitrogens with two attached hydrogens (primary N) is 1. The number of carbonyl (C=O) groups is 1. The van der Waals surface area contributed by atoms with Gasteiger partial charge in [-0.1, -0.05) is 12.2 Å². The molecule has 0 unspecified atom stereocenters. The number of nitrogens with one attached hydrogen (secondary N) is 2. The number of hydrogen-bond donors (Lipinski definition) is 3. The summed E-state index contributed by atoms with van der Waals surface area (Å²) in [4.78, 5) is 15.6. The van der Waals surface area contributed by atoms with Gasteiger partial charge in [0.2, 0.25) is 10.0 Å². The van der Waals surface area contributed by atoms with E-state index in [0.717, 1.165) is 6.26 Å². The first-order valence-electron chi connectivity index (χ1n) is 7.75. The van der Waals surface area contributed by atoms with Crippen molar-refractivity contribution in [3.63, 3.8) is 0 Å². The van der Waals surface area contributed by atoms with Crippen molar-refractivity contribution in [2.45, 2.75) is 45.8 Å². The highest BCUT2D eigenvalue weighted by molar-refractivity contribution is 7.92. The first kappa shape index (κ1) is 20.8. The van der Waals surface area contributed by atoms with Gasteiger partial charge in [-0.3, -0.25) is 4.72 Å². The molecule has 1 heterocycles. The van der Waals surface area contributed by atoms with Gasteiger partial charge in [-0.05, 0) is 45.7 Å². The molecule has 8 nitrogen and oxygen atoms in total. The molecule has 0 saturated heterocycles. The van der Waals surface area contributed by atoms with E-state index < -0.39 is 21.7 Å². The van der Waals surface area contributed by atoms with Crippen LogP contribution in [0.15, 0.2) is 18.3 Å². The van der Waals surface area contributed by atoms with E-state index in [0.29, 0.717) is 12.0 Å². The first-order valence-corrected chi connectivity index (χ1v) is 9.64. The van der Waals surface area contributed by atoms with E-state index in [1.807, 2.05) is 13.0 Å². The van der Waals surface area contributed by atoms with Gasteiger partial charge in [-0.25, -0.2) is 18.2 Å². The fourth-order valence-corrected chi connectivity index (χ4v) is 2.40. The van der Waals surface area contributed by atoms with Crippen molar-refractivity contribution >= 4 is 33.7 Å². The molecule has 0 fully saturated rings. The molecule has 9 heteroatoms. The fourth-order valence-electron chi connectivity index (χ4n) is 1.84. The van der Waals surface area contributed by atoms with E-state index in [4.69, 9.17) is 10.5 Å². The van der Waals surface area contributed by atoms with E-state index in [9.17, 15) is 13.2 Å². The lowest BCUT2D eigenvalue weighted by atomic mass is 10.2. The highest BCUT2D eigenvalue weighted by Gasteiger charge is 2.17. The molecule has 1 aromatic heterocycles. The molecule has 0 saturated carbocycles. The number of alkyl carbamates (subject to hydrolysis) is 1. The Bertz CT molecular complexity index is 739. The summed E-state index contributed by atoms with van der Waals surface area (Å²) >= 11 is 0. The maximum absolute atomic E-state index is 11.7. The first-order chi connectivity index (χ1) is 11.4. The smallest absolute Gasteiger partial charge is 0.407 e. The summed E-state index contributed by atoms with van der Waals surface area (Å²) in [7, 11) is -3.43. The average molecular weight is 370 g/mol. The lowest BCUT2D eigenvalue weighted by Gasteiger charge is -2.21. The minimum atomic E-state index is -3.43. The molecular formula is C16H26N4O4S. The third-order valence-electron chi connectivity index (χ3n) is 2.80. The fraction of sp³-hybridized carbons (Fsp3) is 0.500. The molecule has 0 aliphatic carbocycles. The molecule has 1 aromatic rings. The van der Waals surface area contributed by atoms with Crippen molar-refractivity contribution in [1.29, 1.82) is 0 Å². The summed E-state index contributed by atoms with van der Waals surface area (Å²) in [6.45, 7) is 7.25. The van der Waals surface area contributed by atoms with E-state index in [2.05, 4.69) is 15.0 Å². The van der Waals surface area contributed by atoms with Crippen molar-refractivity contribution in [1.82, 2.24) is 10.3 Å². The number of ether oxygens (including phenoxy) is 1. The molecule has 1 amide bonds. The lowest BCUT2D eigenvalue weighted by Crippen LogP contribution is -2.37. The van der Waals surface area contributed by atoms with Crippen LogP contribution in [0, 0.1) is 0 Å². The molecule has 25 heavy (non-hydrogen) atoms. The highest BCUT2D eigenvalue weighted by atomic mass is 32.2. The van der Waals surface area contributed by atoms with E-state index in [-0.39, 0.29) is 17.5 Å². The minimum Gasteiger partial charge on any atom is -0.444 e. The van der Waals surface area contributed by atoms with Crippen LogP contribution >= 0.6 is 0 Å². The second-order valence-electron chi connectivity index (χ2n) is 6.76. The van der Waals surface area contributed by atoms with E-state index in [1.54, 1.807) is 32.9 Å². The quantitative estimate of drug-likeness (QED) is 0.706. The van der Waals surface area contributed by atoms with Crippen LogP contribution < -0.4 is 15.8 Å². The highest BCUT2D eigenvalue weighted by Crippen LogP contribution is 2.19. The standard InChI is InChI=1S/C16H26N4O4S/c1-11(19-15(21)24-16(2,3)4)7-6-8-12-9-13(14(17)18-10-12)20-25(5,22)23/h6,8-11,20H,7H2,1-5H3,(H2,17,18)(H,19,21)/b8-6+/t11-/m0/s1. The van der Waals surface area contributed by atoms with Crippen LogP contribution in [0.5, 0.6) is 0 Å². The number of pyridine rings is 1. The number of hydrogen-bond acceptors (Lipinski definition) is 6. The van der Waals surface area contributed by atoms with Crippen LogP contribution in [0.25, 0.3) is 6.08 Å². The average Bonchev–Trinajstić information content (AvgIpc) is 2.38. The molecule has 0 aromatic carbocycles. The minimum absolute atomic E-state index is 0.0996. The number of sulfonamides is 1. The number of nitrogens with zero attached hydrogens (tertiary/aromatic N) is 1. The molecule has 1 atom stereocenters. The third kappa shape index (κ3) is 8.94. The Morgan fingerprint density at radius 2 is 2.08 bits per heavy atom. The Morgan fingerprint density at radius 1 is 1.44 bits per heavy atom. The van der Waals surface area contributed by atoms with Crippen molar-refractivity contribution in [3.8, 4) is 0 Å². The lowest BCUT2D eigenvalue weighted by molar-refractivity contribution is 0.0509. The molecular weight excluding hydrogens is 344 g/mol. The van der Waals surface area contributed by atoms with Crippen LogP contribution in [-0.4, -0.2) is 37.4 Å². The Morgan fingerprint density at radius 3 is 2.64 bits per heavy atom. The van der Waals surface area contributed by atoms with Gasteiger partial charge in [0.25, 0.3) is 0 Å². The molecule has 1 rings (SSSR count). The molecule has 0 spiro atoms. The second-order valence-corrected chi connectivity index (χ2v) is 8.51. The van der Waals surface area contributed by atoms with E-state index in [1.165, 1.54) is 6.20 Å². The zero-order valence-electron chi connectivity index (χ0n) is 15.2. The topological polar surface area (TPSA) is 123 Å². The predicted molar refractivity (Wildman–Crippen MR) is 99.6 cm³/mol. The summed E-state index contributed by atoms with van der Waals surface area (Å²) in [6, 6.07) is 1.47. The van der Waals surface area contributed by atoms with Gasteiger partial charge in [0.15, 0.2) is 0 Å². The van der Waals surface area contributed by atoms with Gasteiger partial charge in [0.05, 0.1) is 11.9 Å². The Hall–Kier alpha value is -2.29. The van der Waals surface area contributed by atoms with E-state index >= 15 is 0 Å². The molecule has 0 aliphatic heterocycles. The summed E-state index contributed by atoms with van der Waals surface area (Å²) in [5.41, 5.74) is 6.02. The van der Waals surface area contributed by atoms with Crippen LogP contribution in [0.4, 0.5) is 16.3 Å². The number of anilines is 2. The maximum Gasteiger partial charge on any atom is 0.407 e.